The molecule has 0 saturated heterocycles. The van der Waals surface area contributed by atoms with Gasteiger partial charge in [0.1, 0.15) is 5.15 Å². The Morgan fingerprint density at radius 1 is 1.62 bits per heavy atom. The highest BCUT2D eigenvalue weighted by Crippen LogP contribution is 2.10. The molecular weight excluding hydrogens is 194 g/mol. The number of hydrogen-bond acceptors (Lipinski definition) is 3. The second-order valence-electron chi connectivity index (χ2n) is 2.37. The molecule has 0 aliphatic rings. The summed E-state index contributed by atoms with van der Waals surface area (Å²) in [4.78, 5) is 14.4. The lowest BCUT2D eigenvalue weighted by Gasteiger charge is -1.92. The Kier molecular flexibility index (Phi) is 1.66. The van der Waals surface area contributed by atoms with E-state index in [0.29, 0.717) is 10.8 Å². The lowest BCUT2D eigenvalue weighted by Crippen LogP contribution is -1.97. The lowest BCUT2D eigenvalue weighted by molar-refractivity contribution is 0.0690. The molecule has 0 atom stereocenters. The monoisotopic (exact) mass is 197 g/mol. The van der Waals surface area contributed by atoms with E-state index in [4.69, 9.17) is 16.7 Å². The molecule has 0 bridgehead atoms. The van der Waals surface area contributed by atoms with Crippen LogP contribution in [0.25, 0.3) is 5.65 Å². The van der Waals surface area contributed by atoms with Crippen LogP contribution in [0.3, 0.4) is 0 Å². The van der Waals surface area contributed by atoms with Gasteiger partial charge in [0.15, 0.2) is 11.3 Å². The molecule has 0 aliphatic heterocycles. The predicted molar refractivity (Wildman–Crippen MR) is 45.0 cm³/mol. The number of nitrogens with zero attached hydrogens (tertiary/aromatic N) is 3. The molecule has 0 spiro atoms. The van der Waals surface area contributed by atoms with Crippen molar-refractivity contribution in [1.29, 1.82) is 0 Å². The summed E-state index contributed by atoms with van der Waals surface area (Å²) in [7, 11) is 0. The summed E-state index contributed by atoms with van der Waals surface area (Å²) in [6.45, 7) is 0. The van der Waals surface area contributed by atoms with Crippen molar-refractivity contribution in [1.82, 2.24) is 14.6 Å². The topological polar surface area (TPSA) is 67.5 Å². The molecule has 0 unspecified atom stereocenters. The van der Waals surface area contributed by atoms with Crippen molar-refractivity contribution in [2.75, 3.05) is 0 Å². The number of hydrogen-bond donors (Lipinski definition) is 1. The third-order valence-corrected chi connectivity index (χ3v) is 1.82. The number of carboxylic acid groups (broad SMARTS) is 1. The summed E-state index contributed by atoms with van der Waals surface area (Å²) in [5, 5.41) is 12.7. The molecule has 13 heavy (non-hydrogen) atoms. The highest BCUT2D eigenvalue weighted by atomic mass is 35.5. The maximum Gasteiger partial charge on any atom is 0.356 e. The highest BCUT2D eigenvalue weighted by Gasteiger charge is 2.10. The quantitative estimate of drug-likeness (QED) is 0.695. The molecule has 0 saturated carbocycles. The molecule has 1 N–H and O–H groups in total. The number of fused-ring (bicyclic) bond motifs is 1. The fourth-order valence-corrected chi connectivity index (χ4v) is 1.15. The zero-order valence-electron chi connectivity index (χ0n) is 6.31. The Bertz CT molecular complexity index is 480. The zero-order chi connectivity index (χ0) is 9.42. The van der Waals surface area contributed by atoms with E-state index < -0.39 is 5.97 Å². The number of rotatable bonds is 1. The maximum absolute atomic E-state index is 10.5. The van der Waals surface area contributed by atoms with Crippen LogP contribution in [0.2, 0.25) is 5.15 Å². The second-order valence-corrected chi connectivity index (χ2v) is 2.76. The van der Waals surface area contributed by atoms with Gasteiger partial charge in [0.2, 0.25) is 0 Å². The molecule has 0 fully saturated rings. The van der Waals surface area contributed by atoms with Gasteiger partial charge in [-0.3, -0.25) is 0 Å². The van der Waals surface area contributed by atoms with E-state index in [-0.39, 0.29) is 5.69 Å². The van der Waals surface area contributed by atoms with Crippen LogP contribution >= 0.6 is 11.6 Å². The van der Waals surface area contributed by atoms with Gasteiger partial charge >= 0.3 is 5.97 Å². The van der Waals surface area contributed by atoms with Gasteiger partial charge in [-0.2, -0.15) is 5.10 Å². The first kappa shape index (κ1) is 8.00. The van der Waals surface area contributed by atoms with Crippen molar-refractivity contribution in [3.05, 3.63) is 29.2 Å². The summed E-state index contributed by atoms with van der Waals surface area (Å²) >= 11 is 5.74. The Hall–Kier alpha value is -1.62. The van der Waals surface area contributed by atoms with Crippen LogP contribution in [0.15, 0.2) is 18.3 Å². The largest absolute Gasteiger partial charge is 0.476 e. The second kappa shape index (κ2) is 2.70. The van der Waals surface area contributed by atoms with Crippen molar-refractivity contribution in [3.63, 3.8) is 0 Å². The zero-order valence-corrected chi connectivity index (χ0v) is 7.06. The summed E-state index contributed by atoms with van der Waals surface area (Å²) in [5.74, 6) is -1.10. The van der Waals surface area contributed by atoms with Crippen molar-refractivity contribution in [3.8, 4) is 0 Å². The number of aromatic carboxylic acids is 1. The van der Waals surface area contributed by atoms with Crippen LogP contribution in [0.5, 0.6) is 0 Å². The van der Waals surface area contributed by atoms with Gasteiger partial charge in [-0.15, -0.1) is 0 Å². The smallest absolute Gasteiger partial charge is 0.356 e. The molecular formula is C7H4ClN3O2. The Morgan fingerprint density at radius 2 is 2.38 bits per heavy atom. The number of halogens is 1. The number of carbonyl (C=O) groups is 1. The third kappa shape index (κ3) is 1.23. The Morgan fingerprint density at radius 3 is 3.00 bits per heavy atom. The van der Waals surface area contributed by atoms with Crippen LogP contribution in [0, 0.1) is 0 Å². The molecule has 66 valence electrons. The van der Waals surface area contributed by atoms with E-state index in [1.807, 2.05) is 0 Å². The SMILES string of the molecule is O=C(O)c1cc2nccc(Cl)n2n1. The summed E-state index contributed by atoms with van der Waals surface area (Å²) in [6.07, 6.45) is 1.49. The predicted octanol–water partition coefficient (Wildman–Crippen LogP) is 1.08. The standard InChI is InChI=1S/C7H4ClN3O2/c8-5-1-2-9-6-3-4(7(12)13)10-11(5)6/h1-3H,(H,12,13). The minimum atomic E-state index is -1.10. The molecule has 5 nitrogen and oxygen atoms in total. The third-order valence-electron chi connectivity index (χ3n) is 1.53. The average Bonchev–Trinajstić information content (AvgIpc) is 2.49. The average molecular weight is 198 g/mol. The fourth-order valence-electron chi connectivity index (χ4n) is 0.971. The van der Waals surface area contributed by atoms with Gasteiger partial charge in [-0.1, -0.05) is 11.6 Å². The minimum absolute atomic E-state index is 0.0689. The number of aromatic nitrogens is 3. The molecule has 2 heterocycles. The van der Waals surface area contributed by atoms with Gasteiger partial charge in [0, 0.05) is 12.3 Å². The van der Waals surface area contributed by atoms with E-state index in [9.17, 15) is 4.79 Å². The first-order valence-electron chi connectivity index (χ1n) is 3.42. The normalized spacial score (nSPS) is 10.5. The van der Waals surface area contributed by atoms with Gasteiger partial charge < -0.3 is 5.11 Å². The first-order valence-corrected chi connectivity index (χ1v) is 3.80. The van der Waals surface area contributed by atoms with Crippen molar-refractivity contribution < 1.29 is 9.90 Å². The van der Waals surface area contributed by atoms with E-state index in [1.54, 1.807) is 0 Å². The van der Waals surface area contributed by atoms with Crippen molar-refractivity contribution in [2.45, 2.75) is 0 Å². The first-order chi connectivity index (χ1) is 6.18. The van der Waals surface area contributed by atoms with Crippen LogP contribution < -0.4 is 0 Å². The van der Waals surface area contributed by atoms with Crippen LogP contribution in [-0.2, 0) is 0 Å². The van der Waals surface area contributed by atoms with Gasteiger partial charge in [-0.05, 0) is 6.07 Å². The van der Waals surface area contributed by atoms with Crippen LogP contribution in [0.4, 0.5) is 0 Å². The maximum atomic E-state index is 10.5. The summed E-state index contributed by atoms with van der Waals surface area (Å²) in [5.41, 5.74) is 0.352. The van der Waals surface area contributed by atoms with E-state index in [1.165, 1.54) is 22.8 Å². The van der Waals surface area contributed by atoms with Crippen LogP contribution in [0.1, 0.15) is 10.5 Å². The van der Waals surface area contributed by atoms with Crippen molar-refractivity contribution in [2.24, 2.45) is 0 Å². The molecule has 2 aromatic rings. The van der Waals surface area contributed by atoms with E-state index >= 15 is 0 Å². The fraction of sp³-hybridized carbons (Fsp3) is 0. The molecule has 0 amide bonds. The van der Waals surface area contributed by atoms with Gasteiger partial charge in [0.25, 0.3) is 0 Å². The minimum Gasteiger partial charge on any atom is -0.476 e. The molecule has 0 radical (unpaired) electrons. The van der Waals surface area contributed by atoms with E-state index in [2.05, 4.69) is 10.1 Å². The molecule has 0 aliphatic carbocycles. The number of carboxylic acids is 1. The van der Waals surface area contributed by atoms with Crippen LogP contribution in [-0.4, -0.2) is 25.7 Å². The highest BCUT2D eigenvalue weighted by molar-refractivity contribution is 6.29. The lowest BCUT2D eigenvalue weighted by atomic mass is 10.4. The van der Waals surface area contributed by atoms with Gasteiger partial charge in [0.05, 0.1) is 0 Å². The molecule has 2 rings (SSSR count). The Labute approximate surface area is 77.6 Å². The molecule has 0 aromatic carbocycles. The summed E-state index contributed by atoms with van der Waals surface area (Å²) in [6, 6.07) is 2.89. The van der Waals surface area contributed by atoms with Gasteiger partial charge in [-0.25, -0.2) is 14.3 Å². The molecule has 2 aromatic heterocycles. The summed E-state index contributed by atoms with van der Waals surface area (Å²) < 4.78 is 1.27. The Balaban J connectivity index is 2.75. The molecule has 6 heteroatoms. The van der Waals surface area contributed by atoms with E-state index in [0.717, 1.165) is 0 Å². The van der Waals surface area contributed by atoms with Crippen molar-refractivity contribution >= 4 is 23.2 Å².